The molecule has 5 nitrogen and oxygen atoms in total. The number of fused-ring (bicyclic) bond motifs is 8. The lowest BCUT2D eigenvalue weighted by molar-refractivity contribution is 0.394. The van der Waals surface area contributed by atoms with Crippen LogP contribution in [0.1, 0.15) is 93.8 Å². The number of para-hydroxylation sites is 3. The number of nitrogens with zero attached hydrogens (tertiary/aromatic N) is 4. The van der Waals surface area contributed by atoms with Crippen LogP contribution in [0.2, 0.25) is 0 Å². The molecule has 15 rings (SSSR count). The van der Waals surface area contributed by atoms with Gasteiger partial charge < -0.3 is 14.5 Å². The van der Waals surface area contributed by atoms with Crippen molar-refractivity contribution in [3.8, 4) is 50.7 Å². The number of pyridine rings is 1. The van der Waals surface area contributed by atoms with E-state index in [9.17, 15) is 0 Å². The van der Waals surface area contributed by atoms with Gasteiger partial charge in [0.2, 0.25) is 0 Å². The highest BCUT2D eigenvalue weighted by Crippen LogP contribution is 2.59. The predicted molar refractivity (Wildman–Crippen MR) is 345 cm³/mol. The van der Waals surface area contributed by atoms with Gasteiger partial charge in [-0.2, -0.15) is 0 Å². The molecule has 0 saturated carbocycles. The van der Waals surface area contributed by atoms with Crippen molar-refractivity contribution in [3.05, 3.63) is 288 Å². The van der Waals surface area contributed by atoms with Gasteiger partial charge in [-0.15, -0.1) is 0 Å². The second-order valence-corrected chi connectivity index (χ2v) is 25.4. The molecule has 0 amide bonds. The summed E-state index contributed by atoms with van der Waals surface area (Å²) in [6, 6.07) is 89.3. The van der Waals surface area contributed by atoms with E-state index < -0.39 is 5.41 Å². The first-order valence-corrected chi connectivity index (χ1v) is 29.3. The zero-order valence-electron chi connectivity index (χ0n) is 48.3. The molecule has 0 fully saturated rings. The van der Waals surface area contributed by atoms with Crippen molar-refractivity contribution in [3.63, 3.8) is 0 Å². The molecule has 0 N–H and O–H groups in total. The van der Waals surface area contributed by atoms with E-state index in [1.165, 1.54) is 83.7 Å². The number of anilines is 4. The lowest BCUT2D eigenvalue weighted by atomic mass is 9.68. The molecule has 404 valence electrons. The Morgan fingerprint density at radius 3 is 1.67 bits per heavy atom. The van der Waals surface area contributed by atoms with E-state index in [2.05, 4.69) is 305 Å². The zero-order valence-corrected chi connectivity index (χ0v) is 48.3. The molecule has 0 bridgehead atoms. The monoisotopic (exact) mass is 1070 g/mol. The molecule has 0 unspecified atom stereocenters. The molecule has 2 aromatic heterocycles. The van der Waals surface area contributed by atoms with Crippen LogP contribution < -0.4 is 14.5 Å². The zero-order chi connectivity index (χ0) is 56.4. The van der Waals surface area contributed by atoms with Crippen molar-refractivity contribution in [1.29, 1.82) is 0 Å². The quantitative estimate of drug-likeness (QED) is 0.144. The molecule has 83 heavy (non-hydrogen) atoms. The number of ether oxygens (including phenoxy) is 1. The fraction of sp³-hybridized carbons (Fsp3) is 0.167. The van der Waals surface area contributed by atoms with Crippen LogP contribution in [0.25, 0.3) is 61.0 Å². The maximum atomic E-state index is 7.53. The van der Waals surface area contributed by atoms with Gasteiger partial charge in [0, 0.05) is 51.5 Å². The minimum Gasteiger partial charge on any atom is -0.457 e. The summed E-state index contributed by atoms with van der Waals surface area (Å²) >= 11 is 0. The Bertz CT molecular complexity index is 4420. The summed E-state index contributed by atoms with van der Waals surface area (Å²) in [4.78, 5) is 10.3. The first kappa shape index (κ1) is 50.5. The lowest BCUT2D eigenvalue weighted by Crippen LogP contribution is -2.28. The highest BCUT2D eigenvalue weighted by Gasteiger charge is 2.47. The third-order valence-electron chi connectivity index (χ3n) is 18.3. The predicted octanol–water partition coefficient (Wildman–Crippen LogP) is 20.2. The SMILES string of the molecule is CC(C)(C)c1cc(-c2ccccc2)c(N2CN(c3cc(Oc4ccc5c6ccccc6n(-c6cc(C7(c8ccccc8)c8ccccc8-c8ccccc87)ccn6)c5c4)c4c(c3)C(C)(C)CC4(C)C)c3ccccc32)c(-c2ccccc2)c1. The molecule has 0 radical (unpaired) electrons. The van der Waals surface area contributed by atoms with E-state index in [0.29, 0.717) is 6.67 Å². The summed E-state index contributed by atoms with van der Waals surface area (Å²) in [5.74, 6) is 2.52. The van der Waals surface area contributed by atoms with Crippen molar-refractivity contribution in [2.75, 3.05) is 16.5 Å². The van der Waals surface area contributed by atoms with E-state index in [1.54, 1.807) is 0 Å². The van der Waals surface area contributed by atoms with Crippen LogP contribution in [0.5, 0.6) is 11.5 Å². The molecule has 3 heterocycles. The number of hydrogen-bond acceptors (Lipinski definition) is 4. The van der Waals surface area contributed by atoms with Gasteiger partial charge in [-0.1, -0.05) is 218 Å². The molecule has 12 aromatic rings. The van der Waals surface area contributed by atoms with E-state index in [0.717, 1.165) is 56.9 Å². The van der Waals surface area contributed by atoms with E-state index in [1.807, 2.05) is 6.20 Å². The van der Waals surface area contributed by atoms with Gasteiger partial charge in [0.05, 0.1) is 33.5 Å². The van der Waals surface area contributed by atoms with Crippen molar-refractivity contribution in [1.82, 2.24) is 9.55 Å². The van der Waals surface area contributed by atoms with Gasteiger partial charge in [0.15, 0.2) is 0 Å². The number of aromatic nitrogens is 2. The molecular weight excluding hydrogens is 1010 g/mol. The second-order valence-electron chi connectivity index (χ2n) is 25.4. The number of hydrogen-bond donors (Lipinski definition) is 0. The third kappa shape index (κ3) is 7.92. The molecule has 3 aliphatic rings. The van der Waals surface area contributed by atoms with Crippen molar-refractivity contribution in [2.24, 2.45) is 0 Å². The maximum absolute atomic E-state index is 7.53. The van der Waals surface area contributed by atoms with Gasteiger partial charge in [-0.3, -0.25) is 4.57 Å². The van der Waals surface area contributed by atoms with Crippen LogP contribution in [-0.4, -0.2) is 16.2 Å². The van der Waals surface area contributed by atoms with E-state index in [4.69, 9.17) is 9.72 Å². The summed E-state index contributed by atoms with van der Waals surface area (Å²) in [7, 11) is 0. The van der Waals surface area contributed by atoms with Crippen LogP contribution in [0.15, 0.2) is 249 Å². The van der Waals surface area contributed by atoms with E-state index in [-0.39, 0.29) is 16.2 Å². The first-order valence-electron chi connectivity index (χ1n) is 29.3. The molecule has 2 aliphatic carbocycles. The minimum atomic E-state index is -0.566. The minimum absolute atomic E-state index is 0.0763. The largest absolute Gasteiger partial charge is 0.457 e. The van der Waals surface area contributed by atoms with Crippen LogP contribution in [0, 0.1) is 0 Å². The smallest absolute Gasteiger partial charge is 0.137 e. The summed E-state index contributed by atoms with van der Waals surface area (Å²) in [6.45, 7) is 17.2. The summed E-state index contributed by atoms with van der Waals surface area (Å²) < 4.78 is 9.87. The van der Waals surface area contributed by atoms with Crippen molar-refractivity contribution >= 4 is 44.6 Å². The summed E-state index contributed by atoms with van der Waals surface area (Å²) in [5.41, 5.74) is 22.0. The Labute approximate surface area is 487 Å². The standard InChI is InChI=1S/C78H66N4O/c1-75(2,3)55-43-62(51-25-11-8-12-26-51)74(63(44-55)52-27-13-9-14-28-52)81-50-80(68-37-23-24-38-69(68)81)56-46-66-73(77(6,7)49-76(66,4)5)71(47-56)83-57-39-40-61-60-33-19-22-36-67(60)82(70(61)48-57)72-45-54(41-42-79-72)78(53-29-15-10-16-30-53)64-34-20-17-31-58(64)59-32-18-21-35-65(59)78/h8-48H,49-50H2,1-7H3. The Kier molecular flexibility index (Phi) is 11.4. The number of rotatable bonds is 9. The average Bonchev–Trinajstić information content (AvgIpc) is 1.84. The van der Waals surface area contributed by atoms with E-state index >= 15 is 0 Å². The van der Waals surface area contributed by atoms with Crippen molar-refractivity contribution < 1.29 is 4.74 Å². The normalized spacial score (nSPS) is 15.3. The second kappa shape index (κ2) is 18.8. The Balaban J connectivity index is 0.882. The Morgan fingerprint density at radius 1 is 0.458 bits per heavy atom. The fourth-order valence-corrected chi connectivity index (χ4v) is 14.9. The van der Waals surface area contributed by atoms with Gasteiger partial charge in [0.25, 0.3) is 0 Å². The van der Waals surface area contributed by atoms with Crippen LogP contribution >= 0.6 is 0 Å². The highest BCUT2D eigenvalue weighted by molar-refractivity contribution is 6.09. The van der Waals surface area contributed by atoms with Crippen LogP contribution in [0.3, 0.4) is 0 Å². The molecule has 0 atom stereocenters. The van der Waals surface area contributed by atoms with Gasteiger partial charge in [-0.05, 0) is 139 Å². The average molecular weight is 1080 g/mol. The molecule has 10 aromatic carbocycles. The Hall–Kier alpha value is -9.45. The third-order valence-corrected chi connectivity index (χ3v) is 18.3. The molecule has 1 aliphatic heterocycles. The van der Waals surface area contributed by atoms with Gasteiger partial charge in [-0.25, -0.2) is 4.98 Å². The van der Waals surface area contributed by atoms with Gasteiger partial charge in [0.1, 0.15) is 24.0 Å². The molecule has 0 spiro atoms. The van der Waals surface area contributed by atoms with Crippen LogP contribution in [0.4, 0.5) is 22.7 Å². The van der Waals surface area contributed by atoms with Crippen LogP contribution in [-0.2, 0) is 21.7 Å². The lowest BCUT2D eigenvalue weighted by Gasteiger charge is -2.34. The topological polar surface area (TPSA) is 33.5 Å². The summed E-state index contributed by atoms with van der Waals surface area (Å²) in [5, 5.41) is 2.31. The summed E-state index contributed by atoms with van der Waals surface area (Å²) in [6.07, 6.45) is 3.00. The highest BCUT2D eigenvalue weighted by atomic mass is 16.5. The fourth-order valence-electron chi connectivity index (χ4n) is 14.9. The van der Waals surface area contributed by atoms with Crippen molar-refractivity contribution in [2.45, 2.75) is 76.5 Å². The molecule has 5 heteroatoms. The molecular formula is C78H66N4O. The molecule has 0 saturated heterocycles. The Morgan fingerprint density at radius 2 is 1.02 bits per heavy atom. The first-order chi connectivity index (χ1) is 40.3. The maximum Gasteiger partial charge on any atom is 0.137 e. The van der Waals surface area contributed by atoms with Gasteiger partial charge >= 0.3 is 0 Å². The number of benzene rings is 10.